The Morgan fingerprint density at radius 3 is 2.50 bits per heavy atom. The number of halogens is 1. The van der Waals surface area contributed by atoms with Crippen LogP contribution in [0.3, 0.4) is 0 Å². The summed E-state index contributed by atoms with van der Waals surface area (Å²) in [5.41, 5.74) is 4.64. The molecule has 1 unspecified atom stereocenters. The summed E-state index contributed by atoms with van der Waals surface area (Å²) < 4.78 is 16.7. The minimum atomic E-state index is -1.22. The molecule has 0 bridgehead atoms. The highest BCUT2D eigenvalue weighted by Gasteiger charge is 2.19. The number of benzene rings is 1. The molecule has 26 heavy (non-hydrogen) atoms. The van der Waals surface area contributed by atoms with Crippen molar-refractivity contribution in [3.05, 3.63) is 59.8 Å². The van der Waals surface area contributed by atoms with Gasteiger partial charge in [-0.3, -0.25) is 0 Å². The number of hydrogen-bond acceptors (Lipinski definition) is 3. The number of aromatic nitrogens is 2. The van der Waals surface area contributed by atoms with E-state index in [1.807, 2.05) is 36.7 Å². The van der Waals surface area contributed by atoms with E-state index in [2.05, 4.69) is 29.4 Å². The van der Waals surface area contributed by atoms with Gasteiger partial charge in [-0.1, -0.05) is 24.8 Å². The molecule has 138 valence electrons. The maximum absolute atomic E-state index is 14.8. The monoisotopic (exact) mass is 354 g/mol. The molecule has 1 saturated heterocycles. The molecule has 2 aromatic rings. The van der Waals surface area contributed by atoms with E-state index in [1.165, 1.54) is 0 Å². The highest BCUT2D eigenvalue weighted by Crippen LogP contribution is 2.33. The molecule has 2 heterocycles. The number of piperazine rings is 1. The minimum absolute atomic E-state index is 0.489. The zero-order valence-corrected chi connectivity index (χ0v) is 15.8. The number of rotatable bonds is 5. The minimum Gasteiger partial charge on any atom is -0.353 e. The van der Waals surface area contributed by atoms with Crippen molar-refractivity contribution in [1.82, 2.24) is 15.1 Å². The molecule has 1 aromatic carbocycles. The first-order valence-corrected chi connectivity index (χ1v) is 9.00. The predicted octanol–water partition coefficient (Wildman–Crippen LogP) is 4.21. The molecule has 0 amide bonds. The van der Waals surface area contributed by atoms with Crippen LogP contribution < -0.4 is 10.2 Å². The number of anilines is 1. The summed E-state index contributed by atoms with van der Waals surface area (Å²) in [7, 11) is 0. The highest BCUT2D eigenvalue weighted by molar-refractivity contribution is 5.67. The summed E-state index contributed by atoms with van der Waals surface area (Å²) in [6, 6.07) is 7.85. The Morgan fingerprint density at radius 1 is 1.19 bits per heavy atom. The van der Waals surface area contributed by atoms with Gasteiger partial charge in [0.25, 0.3) is 0 Å². The standard InChI is InChI=1S/C21H27FN4/c1-14(2)18-7-6-17(13-19(18)21(22)15(3)4)26-16(5)12-20(24-26)25-10-8-23-9-11-25/h6-7,12-13,21,23H,1,3,8-11H2,2,4-5H3. The zero-order valence-electron chi connectivity index (χ0n) is 15.8. The largest absolute Gasteiger partial charge is 0.353 e. The second-order valence-electron chi connectivity index (χ2n) is 7.05. The lowest BCUT2D eigenvalue weighted by molar-refractivity contribution is 0.395. The van der Waals surface area contributed by atoms with Crippen molar-refractivity contribution in [2.75, 3.05) is 31.1 Å². The van der Waals surface area contributed by atoms with E-state index in [4.69, 9.17) is 5.10 Å². The number of allylic oxidation sites excluding steroid dienone is 2. The van der Waals surface area contributed by atoms with Crippen molar-refractivity contribution in [1.29, 1.82) is 0 Å². The summed E-state index contributed by atoms with van der Waals surface area (Å²) in [6.45, 7) is 17.2. The van der Waals surface area contributed by atoms with Crippen LogP contribution in [0.2, 0.25) is 0 Å². The fourth-order valence-corrected chi connectivity index (χ4v) is 3.31. The number of hydrogen-bond donors (Lipinski definition) is 1. The van der Waals surface area contributed by atoms with Crippen molar-refractivity contribution in [2.24, 2.45) is 0 Å². The third-order valence-electron chi connectivity index (χ3n) is 4.76. The maximum Gasteiger partial charge on any atom is 0.151 e. The van der Waals surface area contributed by atoms with Crippen molar-refractivity contribution in [2.45, 2.75) is 26.9 Å². The van der Waals surface area contributed by atoms with Crippen LogP contribution in [0.1, 0.15) is 36.8 Å². The van der Waals surface area contributed by atoms with Crippen LogP contribution in [0, 0.1) is 6.92 Å². The molecule has 0 aliphatic carbocycles. The lowest BCUT2D eigenvalue weighted by Gasteiger charge is -2.27. The summed E-state index contributed by atoms with van der Waals surface area (Å²) in [6.07, 6.45) is -1.22. The normalized spacial score (nSPS) is 15.8. The number of aryl methyl sites for hydroxylation is 1. The fourth-order valence-electron chi connectivity index (χ4n) is 3.31. The van der Waals surface area contributed by atoms with E-state index in [0.29, 0.717) is 11.1 Å². The molecule has 0 saturated carbocycles. The smallest absolute Gasteiger partial charge is 0.151 e. The van der Waals surface area contributed by atoms with Gasteiger partial charge in [-0.05, 0) is 49.6 Å². The van der Waals surface area contributed by atoms with Crippen LogP contribution >= 0.6 is 0 Å². The predicted molar refractivity (Wildman–Crippen MR) is 107 cm³/mol. The van der Waals surface area contributed by atoms with Gasteiger partial charge in [0.1, 0.15) is 6.17 Å². The van der Waals surface area contributed by atoms with E-state index >= 15 is 0 Å². The van der Waals surface area contributed by atoms with Gasteiger partial charge in [0, 0.05) is 37.9 Å². The van der Waals surface area contributed by atoms with Crippen molar-refractivity contribution < 1.29 is 4.39 Å². The average Bonchev–Trinajstić information content (AvgIpc) is 3.03. The van der Waals surface area contributed by atoms with Gasteiger partial charge in [0.15, 0.2) is 5.82 Å². The zero-order chi connectivity index (χ0) is 18.8. The summed E-state index contributed by atoms with van der Waals surface area (Å²) in [5, 5.41) is 8.12. The first kappa shape index (κ1) is 18.4. The second kappa shape index (κ2) is 7.46. The number of alkyl halides is 1. The molecule has 1 N–H and O–H groups in total. The molecule has 1 aromatic heterocycles. The van der Waals surface area contributed by atoms with Gasteiger partial charge in [-0.2, -0.15) is 5.10 Å². The second-order valence-corrected chi connectivity index (χ2v) is 7.05. The van der Waals surface area contributed by atoms with Gasteiger partial charge in [-0.15, -0.1) is 0 Å². The van der Waals surface area contributed by atoms with Crippen LogP contribution in [0.4, 0.5) is 10.2 Å². The molecule has 0 radical (unpaired) electrons. The van der Waals surface area contributed by atoms with Gasteiger partial charge >= 0.3 is 0 Å². The molecule has 5 heteroatoms. The molecule has 1 aliphatic rings. The first-order chi connectivity index (χ1) is 12.4. The Bertz CT molecular complexity index is 831. The van der Waals surface area contributed by atoms with E-state index < -0.39 is 6.17 Å². The Balaban J connectivity index is 2.01. The fraction of sp³-hybridized carbons (Fsp3) is 0.381. The molecular formula is C21H27FN4. The Morgan fingerprint density at radius 2 is 1.88 bits per heavy atom. The third-order valence-corrected chi connectivity index (χ3v) is 4.76. The summed E-state index contributed by atoms with van der Waals surface area (Å²) >= 11 is 0. The SMILES string of the molecule is C=C(C)c1ccc(-n2nc(N3CCNCC3)cc2C)cc1C(F)C(=C)C. The van der Waals surface area contributed by atoms with Crippen molar-refractivity contribution >= 4 is 11.4 Å². The molecule has 4 nitrogen and oxygen atoms in total. The van der Waals surface area contributed by atoms with Gasteiger partial charge < -0.3 is 10.2 Å². The van der Waals surface area contributed by atoms with E-state index in [9.17, 15) is 4.39 Å². The summed E-state index contributed by atoms with van der Waals surface area (Å²) in [5.74, 6) is 0.964. The molecule has 0 spiro atoms. The van der Waals surface area contributed by atoms with Crippen LogP contribution in [0.15, 0.2) is 43.0 Å². The van der Waals surface area contributed by atoms with Crippen molar-refractivity contribution in [3.63, 3.8) is 0 Å². The number of nitrogens with one attached hydrogen (secondary N) is 1. The molecule has 1 fully saturated rings. The Labute approximate surface area is 155 Å². The van der Waals surface area contributed by atoms with Crippen LogP contribution in [0.5, 0.6) is 0 Å². The van der Waals surface area contributed by atoms with E-state index in [0.717, 1.165) is 54.5 Å². The van der Waals surface area contributed by atoms with Crippen LogP contribution in [-0.4, -0.2) is 36.0 Å². The van der Waals surface area contributed by atoms with Crippen LogP contribution in [0.25, 0.3) is 11.3 Å². The summed E-state index contributed by atoms with van der Waals surface area (Å²) in [4.78, 5) is 2.27. The maximum atomic E-state index is 14.8. The van der Waals surface area contributed by atoms with Crippen LogP contribution in [-0.2, 0) is 0 Å². The average molecular weight is 354 g/mol. The van der Waals surface area contributed by atoms with Gasteiger partial charge in [0.05, 0.1) is 5.69 Å². The highest BCUT2D eigenvalue weighted by atomic mass is 19.1. The van der Waals surface area contributed by atoms with Crippen molar-refractivity contribution in [3.8, 4) is 5.69 Å². The van der Waals surface area contributed by atoms with E-state index in [-0.39, 0.29) is 0 Å². The molecular weight excluding hydrogens is 327 g/mol. The number of nitrogens with zero attached hydrogens (tertiary/aromatic N) is 3. The molecule has 3 rings (SSSR count). The molecule has 1 atom stereocenters. The Hall–Kier alpha value is -2.40. The lowest BCUT2D eigenvalue weighted by Crippen LogP contribution is -2.43. The van der Waals surface area contributed by atoms with Gasteiger partial charge in [-0.25, -0.2) is 9.07 Å². The lowest BCUT2D eigenvalue weighted by atomic mass is 9.95. The quantitative estimate of drug-likeness (QED) is 0.817. The van der Waals surface area contributed by atoms with E-state index in [1.54, 1.807) is 6.92 Å². The third kappa shape index (κ3) is 3.58. The first-order valence-electron chi connectivity index (χ1n) is 9.00. The topological polar surface area (TPSA) is 33.1 Å². The Kier molecular flexibility index (Phi) is 5.28. The van der Waals surface area contributed by atoms with Gasteiger partial charge in [0.2, 0.25) is 0 Å². The molecule has 1 aliphatic heterocycles.